The Bertz CT molecular complexity index is 325. The number of hydrogen-bond donors (Lipinski definition) is 1. The minimum absolute atomic E-state index is 0.0544. The molecule has 0 saturated carbocycles. The smallest absolute Gasteiger partial charge is 0.390 e. The van der Waals surface area contributed by atoms with Gasteiger partial charge in [-0.05, 0) is 19.8 Å². The van der Waals surface area contributed by atoms with E-state index in [4.69, 9.17) is 0 Å². The van der Waals surface area contributed by atoms with Gasteiger partial charge < -0.3 is 10.0 Å². The van der Waals surface area contributed by atoms with Crippen molar-refractivity contribution in [2.24, 2.45) is 5.92 Å². The van der Waals surface area contributed by atoms with Gasteiger partial charge in [0.1, 0.15) is 0 Å². The quantitative estimate of drug-likeness (QED) is 0.752. The number of piperidine rings is 1. The van der Waals surface area contributed by atoms with Crippen molar-refractivity contribution in [3.63, 3.8) is 0 Å². The number of nitrogens with zero attached hydrogens (tertiary/aromatic N) is 1. The van der Waals surface area contributed by atoms with Crippen LogP contribution in [0.3, 0.4) is 0 Å². The number of aliphatic hydroxyl groups is 1. The molecular weight excluding hydrogens is 280 g/mol. The highest BCUT2D eigenvalue weighted by Gasteiger charge is 2.62. The van der Waals surface area contributed by atoms with Gasteiger partial charge in [-0.1, -0.05) is 0 Å². The lowest BCUT2D eigenvalue weighted by Gasteiger charge is -2.37. The summed E-state index contributed by atoms with van der Waals surface area (Å²) >= 11 is 0. The van der Waals surface area contributed by atoms with E-state index in [-0.39, 0.29) is 25.9 Å². The molecule has 1 aliphatic rings. The largest absolute Gasteiger partial charge is 0.409 e. The third-order valence-corrected chi connectivity index (χ3v) is 3.05. The van der Waals surface area contributed by atoms with Gasteiger partial charge in [-0.25, -0.2) is 0 Å². The molecular formula is C10H13F6NO2. The van der Waals surface area contributed by atoms with E-state index in [1.807, 2.05) is 0 Å². The van der Waals surface area contributed by atoms with Gasteiger partial charge in [0.2, 0.25) is 11.8 Å². The lowest BCUT2D eigenvalue weighted by molar-refractivity contribution is -0.278. The van der Waals surface area contributed by atoms with Crippen LogP contribution in [0.5, 0.6) is 0 Å². The minimum Gasteiger partial charge on any atom is -0.390 e. The molecule has 0 aromatic rings. The lowest BCUT2D eigenvalue weighted by atomic mass is 9.93. The predicted molar refractivity (Wildman–Crippen MR) is 52.0 cm³/mol. The molecule has 1 N–H and O–H groups in total. The van der Waals surface area contributed by atoms with Crippen molar-refractivity contribution in [1.82, 2.24) is 4.90 Å². The zero-order chi connectivity index (χ0) is 15.1. The van der Waals surface area contributed by atoms with Gasteiger partial charge >= 0.3 is 12.4 Å². The van der Waals surface area contributed by atoms with Crippen LogP contribution in [-0.2, 0) is 4.79 Å². The summed E-state index contributed by atoms with van der Waals surface area (Å²) in [5.74, 6) is -6.00. The number of alkyl halides is 6. The number of carbonyl (C=O) groups is 1. The maximum atomic E-state index is 12.4. The van der Waals surface area contributed by atoms with Crippen molar-refractivity contribution in [1.29, 1.82) is 0 Å². The van der Waals surface area contributed by atoms with Gasteiger partial charge in [0.15, 0.2) is 0 Å². The first-order valence-corrected chi connectivity index (χ1v) is 5.49. The van der Waals surface area contributed by atoms with Crippen LogP contribution in [0.25, 0.3) is 0 Å². The van der Waals surface area contributed by atoms with Gasteiger partial charge in [0.05, 0.1) is 5.60 Å². The number of rotatable bonds is 1. The Balaban J connectivity index is 2.85. The van der Waals surface area contributed by atoms with Crippen LogP contribution in [0.4, 0.5) is 26.3 Å². The van der Waals surface area contributed by atoms with Gasteiger partial charge in [0.25, 0.3) is 0 Å². The van der Waals surface area contributed by atoms with Crippen LogP contribution in [0.15, 0.2) is 0 Å². The molecule has 1 heterocycles. The Morgan fingerprint density at radius 2 is 1.47 bits per heavy atom. The Morgan fingerprint density at radius 1 is 1.11 bits per heavy atom. The summed E-state index contributed by atoms with van der Waals surface area (Å²) in [5, 5.41) is 9.55. The average molecular weight is 293 g/mol. The molecule has 1 aliphatic heterocycles. The minimum atomic E-state index is -5.67. The zero-order valence-electron chi connectivity index (χ0n) is 9.98. The standard InChI is InChI=1S/C10H13F6NO2/c1-8(19)2-4-17(5-3-8)7(18)6(9(11,12)13)10(14,15)16/h6,19H,2-5H2,1H3. The summed E-state index contributed by atoms with van der Waals surface area (Å²) in [6, 6.07) is 0. The lowest BCUT2D eigenvalue weighted by Crippen LogP contribution is -2.53. The van der Waals surface area contributed by atoms with Crippen molar-refractivity contribution in [2.75, 3.05) is 13.1 Å². The Morgan fingerprint density at radius 3 is 1.79 bits per heavy atom. The van der Waals surface area contributed by atoms with Crippen LogP contribution < -0.4 is 0 Å². The van der Waals surface area contributed by atoms with E-state index in [1.165, 1.54) is 6.92 Å². The summed E-state index contributed by atoms with van der Waals surface area (Å²) in [5.41, 5.74) is -1.16. The Kier molecular flexibility index (Phi) is 4.09. The second kappa shape index (κ2) is 4.84. The van der Waals surface area contributed by atoms with Crippen molar-refractivity contribution in [2.45, 2.75) is 37.7 Å². The van der Waals surface area contributed by atoms with Crippen molar-refractivity contribution >= 4 is 5.91 Å². The molecule has 3 nitrogen and oxygen atoms in total. The molecule has 0 aromatic carbocycles. The van der Waals surface area contributed by atoms with E-state index in [0.29, 0.717) is 4.90 Å². The van der Waals surface area contributed by atoms with E-state index in [9.17, 15) is 36.2 Å². The van der Waals surface area contributed by atoms with Crippen molar-refractivity contribution in [3.05, 3.63) is 0 Å². The first-order chi connectivity index (χ1) is 8.34. The summed E-state index contributed by atoms with van der Waals surface area (Å²) < 4.78 is 74.1. The number of amides is 1. The summed E-state index contributed by atoms with van der Waals surface area (Å²) in [6.45, 7) is 0.767. The van der Waals surface area contributed by atoms with E-state index < -0.39 is 29.8 Å². The summed E-state index contributed by atoms with van der Waals surface area (Å²) in [4.78, 5) is 11.9. The van der Waals surface area contributed by atoms with Gasteiger partial charge in [0, 0.05) is 13.1 Å². The topological polar surface area (TPSA) is 40.5 Å². The second-order valence-electron chi connectivity index (χ2n) is 4.84. The maximum Gasteiger partial charge on any atom is 0.409 e. The van der Waals surface area contributed by atoms with Crippen LogP contribution in [0, 0.1) is 5.92 Å². The van der Waals surface area contributed by atoms with E-state index in [0.717, 1.165) is 0 Å². The van der Waals surface area contributed by atoms with E-state index >= 15 is 0 Å². The Hall–Kier alpha value is -0.990. The van der Waals surface area contributed by atoms with Gasteiger partial charge in [-0.3, -0.25) is 4.79 Å². The molecule has 1 rings (SSSR count). The highest BCUT2D eigenvalue weighted by molar-refractivity contribution is 5.80. The van der Waals surface area contributed by atoms with Crippen molar-refractivity contribution in [3.8, 4) is 0 Å². The van der Waals surface area contributed by atoms with Crippen LogP contribution in [-0.4, -0.2) is 47.0 Å². The van der Waals surface area contributed by atoms with Crippen molar-refractivity contribution < 1.29 is 36.2 Å². The van der Waals surface area contributed by atoms with Crippen LogP contribution >= 0.6 is 0 Å². The van der Waals surface area contributed by atoms with E-state index in [1.54, 1.807) is 0 Å². The second-order valence-corrected chi connectivity index (χ2v) is 4.84. The highest BCUT2D eigenvalue weighted by Crippen LogP contribution is 2.41. The first-order valence-electron chi connectivity index (χ1n) is 5.49. The molecule has 1 saturated heterocycles. The van der Waals surface area contributed by atoms with Gasteiger partial charge in [-0.15, -0.1) is 0 Å². The maximum absolute atomic E-state index is 12.4. The fourth-order valence-corrected chi connectivity index (χ4v) is 1.86. The summed E-state index contributed by atoms with van der Waals surface area (Å²) in [7, 11) is 0. The third-order valence-electron chi connectivity index (χ3n) is 3.05. The monoisotopic (exact) mass is 293 g/mol. The predicted octanol–water partition coefficient (Wildman–Crippen LogP) is 2.10. The number of hydrogen-bond acceptors (Lipinski definition) is 2. The molecule has 0 aromatic heterocycles. The number of halogens is 6. The molecule has 0 aliphatic carbocycles. The van der Waals surface area contributed by atoms with Gasteiger partial charge in [-0.2, -0.15) is 26.3 Å². The molecule has 19 heavy (non-hydrogen) atoms. The fourth-order valence-electron chi connectivity index (χ4n) is 1.86. The first kappa shape index (κ1) is 16.1. The van der Waals surface area contributed by atoms with Crippen LogP contribution in [0.2, 0.25) is 0 Å². The molecule has 0 spiro atoms. The van der Waals surface area contributed by atoms with E-state index in [2.05, 4.69) is 0 Å². The SMILES string of the molecule is CC1(O)CCN(C(=O)C(C(F)(F)F)C(F)(F)F)CC1. The molecule has 0 unspecified atom stereocenters. The molecule has 0 radical (unpaired) electrons. The molecule has 1 fully saturated rings. The number of likely N-dealkylation sites (tertiary alicyclic amines) is 1. The van der Waals surface area contributed by atoms with Crippen LogP contribution in [0.1, 0.15) is 19.8 Å². The Labute approximate surface area is 105 Å². The molecule has 0 bridgehead atoms. The average Bonchev–Trinajstić information content (AvgIpc) is 2.12. The highest BCUT2D eigenvalue weighted by atomic mass is 19.4. The normalized spacial score (nSPS) is 20.8. The third kappa shape index (κ3) is 3.99. The molecule has 112 valence electrons. The molecule has 1 amide bonds. The molecule has 0 atom stereocenters. The fraction of sp³-hybridized carbons (Fsp3) is 0.900. The molecule has 9 heteroatoms. The number of carbonyl (C=O) groups excluding carboxylic acids is 1. The summed E-state index contributed by atoms with van der Waals surface area (Å²) in [6.07, 6.45) is -11.5. The zero-order valence-corrected chi connectivity index (χ0v) is 9.98.